The number of rotatable bonds is 4. The fourth-order valence-electron chi connectivity index (χ4n) is 5.55. The monoisotopic (exact) mass is 572 g/mol. The highest BCUT2D eigenvalue weighted by Gasteiger charge is 2.55. The molecule has 13 heteroatoms. The fraction of sp³-hybridized carbons (Fsp3) is 0.462. The molecule has 0 aliphatic carbocycles. The van der Waals surface area contributed by atoms with E-state index in [-0.39, 0.29) is 23.7 Å². The molecule has 2 saturated heterocycles. The van der Waals surface area contributed by atoms with E-state index in [0.717, 1.165) is 11.8 Å². The molecular weight excluding hydrogens is 544 g/mol. The number of likely N-dealkylation sites (tertiary alicyclic amines) is 1. The first kappa shape index (κ1) is 26.0. The van der Waals surface area contributed by atoms with Crippen LogP contribution in [0.5, 0.6) is 0 Å². The summed E-state index contributed by atoms with van der Waals surface area (Å²) in [6, 6.07) is 7.04. The van der Waals surface area contributed by atoms with E-state index in [0.29, 0.717) is 53.4 Å². The van der Waals surface area contributed by atoms with Crippen molar-refractivity contribution in [3.05, 3.63) is 47.5 Å². The average molecular weight is 573 g/mol. The molecule has 4 aromatic rings. The van der Waals surface area contributed by atoms with Crippen LogP contribution in [-0.2, 0) is 25.9 Å². The van der Waals surface area contributed by atoms with Crippen molar-refractivity contribution in [3.8, 4) is 0 Å². The van der Waals surface area contributed by atoms with Crippen LogP contribution >= 0.6 is 11.6 Å². The second kappa shape index (κ2) is 8.90. The van der Waals surface area contributed by atoms with Gasteiger partial charge in [0, 0.05) is 29.4 Å². The zero-order valence-electron chi connectivity index (χ0n) is 22.1. The molecule has 2 aliphatic rings. The number of ether oxygens (including phenoxy) is 2. The molecule has 0 N–H and O–H groups in total. The van der Waals surface area contributed by atoms with Gasteiger partial charge in [0.25, 0.3) is 0 Å². The minimum atomic E-state index is -3.58. The van der Waals surface area contributed by atoms with Crippen LogP contribution in [0.2, 0.25) is 5.02 Å². The molecular formula is C26H29ClN6O5S. The number of amides is 1. The Kier molecular flexibility index (Phi) is 5.94. The van der Waals surface area contributed by atoms with Gasteiger partial charge in [-0.1, -0.05) is 11.6 Å². The van der Waals surface area contributed by atoms with Crippen molar-refractivity contribution >= 4 is 49.5 Å². The predicted molar refractivity (Wildman–Crippen MR) is 145 cm³/mol. The van der Waals surface area contributed by atoms with Crippen molar-refractivity contribution in [3.63, 3.8) is 0 Å². The third kappa shape index (κ3) is 4.53. The maximum atomic E-state index is 13.2. The predicted octanol–water partition coefficient (Wildman–Crippen LogP) is 3.84. The number of halogens is 1. The molecule has 6 rings (SSSR count). The Hall–Kier alpha value is -3.22. The number of hydrogen-bond donors (Lipinski definition) is 0. The van der Waals surface area contributed by atoms with Gasteiger partial charge >= 0.3 is 6.09 Å². The Balaban J connectivity index is 1.44. The summed E-state index contributed by atoms with van der Waals surface area (Å²) in [7, 11) is -3.58. The largest absolute Gasteiger partial charge is 0.444 e. The van der Waals surface area contributed by atoms with Gasteiger partial charge in [-0.3, -0.25) is 14.6 Å². The lowest BCUT2D eigenvalue weighted by atomic mass is 9.93. The molecule has 5 heterocycles. The Bertz CT molecular complexity index is 1720. The Morgan fingerprint density at radius 1 is 1.23 bits per heavy atom. The van der Waals surface area contributed by atoms with Crippen LogP contribution in [0.4, 0.5) is 4.79 Å². The number of carbonyl (C=O) groups excluding carboxylic acids is 1. The molecule has 3 aromatic heterocycles. The van der Waals surface area contributed by atoms with Crippen LogP contribution in [-0.4, -0.2) is 80.9 Å². The van der Waals surface area contributed by atoms with E-state index in [4.69, 9.17) is 26.1 Å². The SMILES string of the molecule is CC(C)(C)OC(=O)N1CC(n2c(Cn3nc(S(C)(=O)=O)c4ccncc43)nc3cc(Cl)ccc32)CC12COC2. The van der Waals surface area contributed by atoms with E-state index in [1.165, 1.54) is 0 Å². The molecule has 11 nitrogen and oxygen atoms in total. The zero-order valence-corrected chi connectivity index (χ0v) is 23.7. The topological polar surface area (TPSA) is 121 Å². The number of carbonyl (C=O) groups is 1. The number of benzene rings is 1. The van der Waals surface area contributed by atoms with Crippen molar-refractivity contribution in [2.24, 2.45) is 0 Å². The van der Waals surface area contributed by atoms with Gasteiger partial charge in [0.1, 0.15) is 11.4 Å². The van der Waals surface area contributed by atoms with Gasteiger partial charge in [-0.15, -0.1) is 0 Å². The Morgan fingerprint density at radius 2 is 2.00 bits per heavy atom. The minimum Gasteiger partial charge on any atom is -0.444 e. The van der Waals surface area contributed by atoms with E-state index >= 15 is 0 Å². The Morgan fingerprint density at radius 3 is 2.67 bits per heavy atom. The maximum Gasteiger partial charge on any atom is 0.410 e. The number of sulfone groups is 1. The Labute approximate surface area is 230 Å². The van der Waals surface area contributed by atoms with E-state index in [9.17, 15) is 13.2 Å². The van der Waals surface area contributed by atoms with Crippen molar-refractivity contribution in [2.75, 3.05) is 26.0 Å². The highest BCUT2D eigenvalue weighted by Crippen LogP contribution is 2.43. The van der Waals surface area contributed by atoms with Gasteiger partial charge in [0.15, 0.2) is 14.9 Å². The lowest BCUT2D eigenvalue weighted by molar-refractivity contribution is -0.120. The second-order valence-electron chi connectivity index (χ2n) is 11.3. The molecule has 0 radical (unpaired) electrons. The molecule has 39 heavy (non-hydrogen) atoms. The standard InChI is InChI=1S/C26H29ClN6O5S/c1-25(2,3)38-24(34)31-12-17(10-26(31)14-37-15-26)33-20-6-5-16(27)9-19(20)29-22(33)13-32-21-11-28-8-7-18(21)23(30-32)39(4,35)36/h5-9,11,17H,10,12-15H2,1-4H3. The molecule has 0 saturated carbocycles. The van der Waals surface area contributed by atoms with E-state index in [1.54, 1.807) is 34.1 Å². The molecule has 1 atom stereocenters. The smallest absolute Gasteiger partial charge is 0.410 e. The van der Waals surface area contributed by atoms with Gasteiger partial charge in [-0.25, -0.2) is 18.2 Å². The second-order valence-corrected chi connectivity index (χ2v) is 13.7. The highest BCUT2D eigenvalue weighted by molar-refractivity contribution is 7.90. The van der Waals surface area contributed by atoms with Crippen molar-refractivity contribution in [2.45, 2.75) is 55.9 Å². The van der Waals surface area contributed by atoms with Crippen LogP contribution in [0, 0.1) is 0 Å². The minimum absolute atomic E-state index is 0.00635. The van der Waals surface area contributed by atoms with E-state index in [2.05, 4.69) is 14.6 Å². The maximum absolute atomic E-state index is 13.2. The molecule has 1 unspecified atom stereocenters. The van der Waals surface area contributed by atoms with Crippen LogP contribution in [0.15, 0.2) is 41.7 Å². The lowest BCUT2D eigenvalue weighted by Gasteiger charge is -2.44. The van der Waals surface area contributed by atoms with Crippen molar-refractivity contribution < 1.29 is 22.7 Å². The lowest BCUT2D eigenvalue weighted by Crippen LogP contribution is -2.61. The van der Waals surface area contributed by atoms with Crippen LogP contribution in [0.25, 0.3) is 21.9 Å². The van der Waals surface area contributed by atoms with E-state index in [1.807, 2.05) is 32.9 Å². The summed E-state index contributed by atoms with van der Waals surface area (Å²) in [5.41, 5.74) is 1.06. The van der Waals surface area contributed by atoms with Gasteiger partial charge in [-0.2, -0.15) is 5.10 Å². The summed E-state index contributed by atoms with van der Waals surface area (Å²) in [5.74, 6) is 0.659. The van der Waals surface area contributed by atoms with Crippen molar-refractivity contribution in [1.29, 1.82) is 0 Å². The van der Waals surface area contributed by atoms with Gasteiger partial charge in [0.2, 0.25) is 0 Å². The molecule has 2 fully saturated rings. The summed E-state index contributed by atoms with van der Waals surface area (Å²) in [4.78, 5) is 24.1. The first-order valence-corrected chi connectivity index (χ1v) is 14.9. The first-order chi connectivity index (χ1) is 18.3. The van der Waals surface area contributed by atoms with Crippen LogP contribution in [0.1, 0.15) is 39.1 Å². The average Bonchev–Trinajstić information content (AvgIpc) is 3.49. The third-order valence-corrected chi connectivity index (χ3v) is 8.43. The first-order valence-electron chi connectivity index (χ1n) is 12.6. The van der Waals surface area contributed by atoms with Gasteiger partial charge < -0.3 is 14.0 Å². The number of nitrogens with zero attached hydrogens (tertiary/aromatic N) is 6. The summed E-state index contributed by atoms with van der Waals surface area (Å²) < 4.78 is 40.0. The summed E-state index contributed by atoms with van der Waals surface area (Å²) >= 11 is 6.31. The summed E-state index contributed by atoms with van der Waals surface area (Å²) in [5, 5.41) is 5.50. The molecule has 1 spiro atoms. The number of fused-ring (bicyclic) bond motifs is 2. The normalized spacial score (nSPS) is 19.2. The number of aromatic nitrogens is 5. The third-order valence-electron chi connectivity index (χ3n) is 7.19. The fourth-order valence-corrected chi connectivity index (χ4v) is 6.53. The summed E-state index contributed by atoms with van der Waals surface area (Å²) in [6.07, 6.45) is 4.57. The zero-order chi connectivity index (χ0) is 27.7. The molecule has 206 valence electrons. The molecule has 1 aromatic carbocycles. The van der Waals surface area contributed by atoms with E-state index < -0.39 is 21.0 Å². The molecule has 1 amide bonds. The number of pyridine rings is 1. The molecule has 0 bridgehead atoms. The molecule has 2 aliphatic heterocycles. The van der Waals surface area contributed by atoms with Gasteiger partial charge in [-0.05, 0) is 51.5 Å². The van der Waals surface area contributed by atoms with Crippen LogP contribution < -0.4 is 0 Å². The quantitative estimate of drug-likeness (QED) is 0.361. The highest BCUT2D eigenvalue weighted by atomic mass is 35.5. The number of imidazole rings is 1. The number of hydrogen-bond acceptors (Lipinski definition) is 8. The van der Waals surface area contributed by atoms with Crippen LogP contribution in [0.3, 0.4) is 0 Å². The van der Waals surface area contributed by atoms with Crippen molar-refractivity contribution in [1.82, 2.24) is 29.2 Å². The van der Waals surface area contributed by atoms with Gasteiger partial charge in [0.05, 0.1) is 54.1 Å². The summed E-state index contributed by atoms with van der Waals surface area (Å²) in [6.45, 7) is 7.02.